The molecule has 158 valence electrons. The highest BCUT2D eigenvalue weighted by atomic mass is 35.5. The lowest BCUT2D eigenvalue weighted by molar-refractivity contribution is -0.116. The van der Waals surface area contributed by atoms with E-state index in [2.05, 4.69) is 15.0 Å². The molecule has 0 aliphatic carbocycles. The molecule has 7 nitrogen and oxygen atoms in total. The monoisotopic (exact) mass is 465 g/mol. The normalized spacial score (nSPS) is 11.1. The minimum Gasteiger partial charge on any atom is -0.493 e. The Balaban J connectivity index is 1.46. The van der Waals surface area contributed by atoms with Crippen LogP contribution in [0.25, 0.3) is 0 Å². The molecule has 0 unspecified atom stereocenters. The molecule has 1 amide bonds. The lowest BCUT2D eigenvalue weighted by Crippen LogP contribution is -2.14. The topological polar surface area (TPSA) is 97.4 Å². The summed E-state index contributed by atoms with van der Waals surface area (Å²) in [6, 6.07) is 11.3. The third-order valence-corrected chi connectivity index (χ3v) is 6.45. The van der Waals surface area contributed by atoms with Crippen LogP contribution in [0.15, 0.2) is 58.9 Å². The first-order valence-electron chi connectivity index (χ1n) is 9.05. The smallest absolute Gasteiger partial charge is 0.263 e. The van der Waals surface area contributed by atoms with Gasteiger partial charge in [-0.1, -0.05) is 11.6 Å². The molecule has 1 aromatic heterocycles. The van der Waals surface area contributed by atoms with Crippen LogP contribution in [-0.2, 0) is 14.8 Å². The highest BCUT2D eigenvalue weighted by Gasteiger charge is 2.15. The van der Waals surface area contributed by atoms with E-state index >= 15 is 0 Å². The van der Waals surface area contributed by atoms with Gasteiger partial charge in [-0.2, -0.15) is 0 Å². The summed E-state index contributed by atoms with van der Waals surface area (Å²) in [6.07, 6.45) is 2.33. The van der Waals surface area contributed by atoms with Gasteiger partial charge in [0.25, 0.3) is 10.0 Å². The molecule has 0 radical (unpaired) electrons. The number of hydrogen-bond donors (Lipinski definition) is 2. The second-order valence-electron chi connectivity index (χ2n) is 6.38. The van der Waals surface area contributed by atoms with E-state index in [9.17, 15) is 13.2 Å². The predicted molar refractivity (Wildman–Crippen MR) is 119 cm³/mol. The van der Waals surface area contributed by atoms with Gasteiger partial charge in [-0.3, -0.25) is 9.52 Å². The average Bonchev–Trinajstić information content (AvgIpc) is 3.19. The number of nitrogens with zero attached hydrogens (tertiary/aromatic N) is 1. The molecule has 1 heterocycles. The molecule has 3 aromatic rings. The molecule has 0 spiro atoms. The Hall–Kier alpha value is -2.62. The number of halogens is 1. The first kappa shape index (κ1) is 22.1. The molecule has 0 bridgehead atoms. The van der Waals surface area contributed by atoms with E-state index < -0.39 is 10.0 Å². The zero-order valence-corrected chi connectivity index (χ0v) is 18.5. The molecule has 0 saturated carbocycles. The number of rotatable bonds is 9. The molecule has 0 aliphatic heterocycles. The van der Waals surface area contributed by atoms with Crippen molar-refractivity contribution in [3.8, 4) is 5.75 Å². The van der Waals surface area contributed by atoms with Crippen LogP contribution in [0, 0.1) is 6.92 Å². The van der Waals surface area contributed by atoms with Crippen molar-refractivity contribution < 1.29 is 17.9 Å². The number of sulfonamides is 1. The zero-order valence-electron chi connectivity index (χ0n) is 16.1. The second-order valence-corrected chi connectivity index (χ2v) is 9.39. The predicted octanol–water partition coefficient (Wildman–Crippen LogP) is 4.70. The molecule has 0 aliphatic rings. The van der Waals surface area contributed by atoms with Crippen molar-refractivity contribution in [1.82, 2.24) is 4.98 Å². The van der Waals surface area contributed by atoms with Gasteiger partial charge in [0.2, 0.25) is 5.91 Å². The van der Waals surface area contributed by atoms with Gasteiger partial charge in [0, 0.05) is 28.7 Å². The standard InChI is InChI=1S/C20H20ClN3O4S2/c1-14-13-15(21)4-9-18(14)28-11-2-3-19(25)23-16-5-7-17(8-6-16)30(26,27)24-20-22-10-12-29-20/h4-10,12-13H,2-3,11H2,1H3,(H,22,24)(H,23,25). The third kappa shape index (κ3) is 6.19. The zero-order chi connectivity index (χ0) is 21.6. The molecule has 0 fully saturated rings. The number of carbonyl (C=O) groups excluding carboxylic acids is 1. The quantitative estimate of drug-likeness (QED) is 0.446. The fraction of sp³-hybridized carbons (Fsp3) is 0.200. The first-order chi connectivity index (χ1) is 14.3. The maximum atomic E-state index is 12.3. The van der Waals surface area contributed by atoms with E-state index in [0.29, 0.717) is 28.9 Å². The Morgan fingerprint density at radius 3 is 2.63 bits per heavy atom. The molecule has 2 aromatic carbocycles. The Morgan fingerprint density at radius 2 is 1.97 bits per heavy atom. The van der Waals surface area contributed by atoms with Crippen molar-refractivity contribution in [2.75, 3.05) is 16.6 Å². The van der Waals surface area contributed by atoms with Gasteiger partial charge in [-0.25, -0.2) is 13.4 Å². The van der Waals surface area contributed by atoms with Gasteiger partial charge in [0.05, 0.1) is 11.5 Å². The van der Waals surface area contributed by atoms with E-state index in [4.69, 9.17) is 16.3 Å². The van der Waals surface area contributed by atoms with Gasteiger partial charge in [0.1, 0.15) is 5.75 Å². The van der Waals surface area contributed by atoms with E-state index in [1.807, 2.05) is 13.0 Å². The van der Waals surface area contributed by atoms with Crippen molar-refractivity contribution in [3.63, 3.8) is 0 Å². The number of nitrogens with one attached hydrogen (secondary N) is 2. The summed E-state index contributed by atoms with van der Waals surface area (Å²) in [5.74, 6) is 0.561. The number of hydrogen-bond acceptors (Lipinski definition) is 6. The maximum absolute atomic E-state index is 12.3. The summed E-state index contributed by atoms with van der Waals surface area (Å²) in [5, 5.41) is 5.37. The number of anilines is 2. The van der Waals surface area contributed by atoms with Crippen LogP contribution in [0.5, 0.6) is 5.75 Å². The number of ether oxygens (including phenoxy) is 1. The van der Waals surface area contributed by atoms with Crippen molar-refractivity contribution in [2.45, 2.75) is 24.7 Å². The SMILES string of the molecule is Cc1cc(Cl)ccc1OCCCC(=O)Nc1ccc(S(=O)(=O)Nc2nccs2)cc1. The second kappa shape index (κ2) is 9.92. The molecule has 3 rings (SSSR count). The Bertz CT molecular complexity index is 1100. The molecule has 10 heteroatoms. The van der Waals surface area contributed by atoms with Gasteiger partial charge in [-0.15, -0.1) is 11.3 Å². The highest BCUT2D eigenvalue weighted by molar-refractivity contribution is 7.93. The molecule has 0 atom stereocenters. The van der Waals surface area contributed by atoms with Crippen LogP contribution in [-0.4, -0.2) is 25.9 Å². The number of aromatic nitrogens is 1. The van der Waals surface area contributed by atoms with E-state index in [0.717, 1.165) is 11.3 Å². The van der Waals surface area contributed by atoms with Gasteiger partial charge in [0.15, 0.2) is 5.13 Å². The minimum atomic E-state index is -3.72. The largest absolute Gasteiger partial charge is 0.493 e. The lowest BCUT2D eigenvalue weighted by Gasteiger charge is -2.10. The molecular formula is C20H20ClN3O4S2. The first-order valence-corrected chi connectivity index (χ1v) is 11.8. The van der Waals surface area contributed by atoms with Crippen LogP contribution in [0.3, 0.4) is 0 Å². The van der Waals surface area contributed by atoms with E-state index in [-0.39, 0.29) is 17.2 Å². The minimum absolute atomic E-state index is 0.0856. The number of benzene rings is 2. The van der Waals surface area contributed by atoms with Crippen molar-refractivity contribution in [2.24, 2.45) is 0 Å². The number of thiazole rings is 1. The molecule has 0 saturated heterocycles. The Labute approximate surface area is 184 Å². The number of amides is 1. The van der Waals surface area contributed by atoms with Crippen molar-refractivity contribution in [1.29, 1.82) is 0 Å². The lowest BCUT2D eigenvalue weighted by atomic mass is 10.2. The van der Waals surface area contributed by atoms with Crippen LogP contribution >= 0.6 is 22.9 Å². The highest BCUT2D eigenvalue weighted by Crippen LogP contribution is 2.22. The molecular weight excluding hydrogens is 446 g/mol. The van der Waals surface area contributed by atoms with Gasteiger partial charge in [-0.05, 0) is 61.4 Å². The van der Waals surface area contributed by atoms with E-state index in [1.54, 1.807) is 29.6 Å². The third-order valence-electron chi connectivity index (χ3n) is 4.05. The fourth-order valence-corrected chi connectivity index (χ4v) is 4.59. The van der Waals surface area contributed by atoms with Gasteiger partial charge < -0.3 is 10.1 Å². The number of carbonyl (C=O) groups is 1. The summed E-state index contributed by atoms with van der Waals surface area (Å²) >= 11 is 7.11. The Morgan fingerprint density at radius 1 is 1.20 bits per heavy atom. The van der Waals surface area contributed by atoms with Crippen LogP contribution in [0.4, 0.5) is 10.8 Å². The van der Waals surface area contributed by atoms with Gasteiger partial charge >= 0.3 is 0 Å². The molecule has 2 N–H and O–H groups in total. The number of aryl methyl sites for hydroxylation is 1. The summed E-state index contributed by atoms with van der Waals surface area (Å²) in [4.78, 5) is 16.1. The van der Waals surface area contributed by atoms with Crippen molar-refractivity contribution in [3.05, 3.63) is 64.6 Å². The fourth-order valence-electron chi connectivity index (χ4n) is 2.58. The van der Waals surface area contributed by atoms with Crippen molar-refractivity contribution >= 4 is 49.7 Å². The maximum Gasteiger partial charge on any atom is 0.263 e. The summed E-state index contributed by atoms with van der Waals surface area (Å²) in [6.45, 7) is 2.31. The summed E-state index contributed by atoms with van der Waals surface area (Å²) < 4.78 is 32.7. The van der Waals surface area contributed by atoms with Crippen LogP contribution in [0.2, 0.25) is 5.02 Å². The van der Waals surface area contributed by atoms with Crippen LogP contribution in [0.1, 0.15) is 18.4 Å². The van der Waals surface area contributed by atoms with E-state index in [1.165, 1.54) is 29.7 Å². The van der Waals surface area contributed by atoms with Crippen LogP contribution < -0.4 is 14.8 Å². The average molecular weight is 466 g/mol. The summed E-state index contributed by atoms with van der Waals surface area (Å²) in [7, 11) is -3.72. The molecule has 30 heavy (non-hydrogen) atoms. The summed E-state index contributed by atoms with van der Waals surface area (Å²) in [5.41, 5.74) is 1.45. The Kier molecular flexibility index (Phi) is 7.30.